The first kappa shape index (κ1) is 29.3. The average Bonchev–Trinajstić information content (AvgIpc) is 3.72. The van der Waals surface area contributed by atoms with Crippen LogP contribution in [-0.4, -0.2) is 14.5 Å². The van der Waals surface area contributed by atoms with Gasteiger partial charge in [0, 0.05) is 21.4 Å². The largest absolute Gasteiger partial charge is 2.00 e. The Bertz CT molecular complexity index is 2480. The van der Waals surface area contributed by atoms with Crippen LogP contribution in [0.4, 0.5) is 0 Å². The van der Waals surface area contributed by atoms with Crippen molar-refractivity contribution in [2.24, 2.45) is 0 Å². The Morgan fingerprint density at radius 1 is 0.553 bits per heavy atom. The number of benzene rings is 6. The summed E-state index contributed by atoms with van der Waals surface area (Å²) < 4.78 is 3.46. The minimum atomic E-state index is 0. The van der Waals surface area contributed by atoms with Crippen LogP contribution in [0.1, 0.15) is 0 Å². The molecule has 0 N–H and O–H groups in total. The van der Waals surface area contributed by atoms with E-state index in [0.29, 0.717) is 0 Å². The molecule has 3 heterocycles. The summed E-state index contributed by atoms with van der Waals surface area (Å²) in [5.74, 6) is 0. The summed E-state index contributed by atoms with van der Waals surface area (Å²) in [5, 5.41) is 3.28. The van der Waals surface area contributed by atoms with E-state index < -0.39 is 0 Å². The molecule has 0 spiro atoms. The number of nitrogens with zero attached hydrogens (tertiary/aromatic N) is 3. The number of fused-ring (bicyclic) bond motifs is 4. The van der Waals surface area contributed by atoms with Crippen LogP contribution in [0.3, 0.4) is 0 Å². The van der Waals surface area contributed by atoms with E-state index in [1.165, 1.54) is 21.2 Å². The summed E-state index contributed by atoms with van der Waals surface area (Å²) in [6, 6.07) is 58.4. The molecule has 0 fully saturated rings. The van der Waals surface area contributed by atoms with Gasteiger partial charge in [0.15, 0.2) is 0 Å². The summed E-state index contributed by atoms with van der Waals surface area (Å²) >= 11 is 1.70. The van der Waals surface area contributed by atoms with E-state index >= 15 is 0 Å². The zero-order valence-electron chi connectivity index (χ0n) is 25.0. The molecule has 0 aliphatic rings. The predicted octanol–water partition coefficient (Wildman–Crippen LogP) is 11.1. The SMILES string of the molecule is [Pt+2].[c-]1c(-c2ccccn2)cc(-c2ccc(-c3ccccc3)cc2)cc1-n1c2[c-]c(-c3nc4ccccc4s3)ccc2c2ccccc21. The van der Waals surface area contributed by atoms with Crippen LogP contribution in [0.5, 0.6) is 0 Å². The molecule has 3 nitrogen and oxygen atoms in total. The number of hydrogen-bond acceptors (Lipinski definition) is 3. The number of thiazole rings is 1. The van der Waals surface area contributed by atoms with Gasteiger partial charge in [-0.1, -0.05) is 108 Å². The van der Waals surface area contributed by atoms with Crippen molar-refractivity contribution in [3.8, 4) is 49.8 Å². The molecule has 9 rings (SSSR count). The van der Waals surface area contributed by atoms with E-state index in [0.717, 1.165) is 60.6 Å². The van der Waals surface area contributed by atoms with Crippen molar-refractivity contribution in [1.29, 1.82) is 0 Å². The molecule has 224 valence electrons. The van der Waals surface area contributed by atoms with Crippen LogP contribution in [0.2, 0.25) is 0 Å². The normalized spacial score (nSPS) is 11.2. The smallest absolute Gasteiger partial charge is 0.346 e. The Labute approximate surface area is 291 Å². The van der Waals surface area contributed by atoms with Gasteiger partial charge < -0.3 is 9.55 Å². The molecule has 0 radical (unpaired) electrons. The second-order valence-corrected chi connectivity index (χ2v) is 12.3. The second kappa shape index (κ2) is 12.2. The minimum Gasteiger partial charge on any atom is -0.346 e. The van der Waals surface area contributed by atoms with Crippen molar-refractivity contribution in [1.82, 2.24) is 14.5 Å². The molecule has 0 atom stereocenters. The van der Waals surface area contributed by atoms with Crippen molar-refractivity contribution in [3.05, 3.63) is 164 Å². The van der Waals surface area contributed by atoms with Crippen LogP contribution in [-0.2, 0) is 21.1 Å². The number of aromatic nitrogens is 3. The summed E-state index contributed by atoms with van der Waals surface area (Å²) in [7, 11) is 0. The summed E-state index contributed by atoms with van der Waals surface area (Å²) in [6.45, 7) is 0. The summed E-state index contributed by atoms with van der Waals surface area (Å²) in [6.07, 6.45) is 1.84. The van der Waals surface area contributed by atoms with Crippen LogP contribution >= 0.6 is 11.3 Å². The van der Waals surface area contributed by atoms with Gasteiger partial charge in [-0.2, -0.15) is 11.3 Å². The van der Waals surface area contributed by atoms with Gasteiger partial charge in [-0.25, -0.2) is 0 Å². The first-order valence-electron chi connectivity index (χ1n) is 15.2. The van der Waals surface area contributed by atoms with Crippen molar-refractivity contribution >= 4 is 43.4 Å². The molecule has 0 amide bonds. The molecule has 0 aliphatic heterocycles. The summed E-state index contributed by atoms with van der Waals surface area (Å²) in [4.78, 5) is 9.65. The van der Waals surface area contributed by atoms with Crippen molar-refractivity contribution in [2.45, 2.75) is 0 Å². The molecule has 3 aromatic heterocycles. The number of rotatable bonds is 5. The van der Waals surface area contributed by atoms with E-state index in [2.05, 4.69) is 132 Å². The molecule has 47 heavy (non-hydrogen) atoms. The quantitative estimate of drug-likeness (QED) is 0.162. The van der Waals surface area contributed by atoms with E-state index in [1.807, 2.05) is 36.5 Å². The van der Waals surface area contributed by atoms with Crippen LogP contribution in [0, 0.1) is 12.1 Å². The molecule has 0 unspecified atom stereocenters. The van der Waals surface area contributed by atoms with Crippen molar-refractivity contribution in [3.63, 3.8) is 0 Å². The molecule has 9 aromatic rings. The van der Waals surface area contributed by atoms with Crippen molar-refractivity contribution in [2.75, 3.05) is 0 Å². The third-order valence-corrected chi connectivity index (χ3v) is 9.54. The van der Waals surface area contributed by atoms with Crippen molar-refractivity contribution < 1.29 is 21.1 Å². The Kier molecular flexibility index (Phi) is 7.61. The second-order valence-electron chi connectivity index (χ2n) is 11.3. The molecule has 0 saturated heterocycles. The third-order valence-electron chi connectivity index (χ3n) is 8.47. The van der Waals surface area contributed by atoms with Crippen LogP contribution < -0.4 is 0 Å². The predicted molar refractivity (Wildman–Crippen MR) is 191 cm³/mol. The van der Waals surface area contributed by atoms with Gasteiger partial charge in [0.05, 0.1) is 5.52 Å². The van der Waals surface area contributed by atoms with Gasteiger partial charge in [-0.15, -0.1) is 47.5 Å². The molecular weight excluding hydrogens is 774 g/mol. The van der Waals surface area contributed by atoms with E-state index in [4.69, 9.17) is 9.97 Å². The Morgan fingerprint density at radius 2 is 1.28 bits per heavy atom. The maximum Gasteiger partial charge on any atom is 2.00 e. The molecule has 0 bridgehead atoms. The molecule has 5 heteroatoms. The van der Waals surface area contributed by atoms with Gasteiger partial charge in [0.25, 0.3) is 0 Å². The first-order chi connectivity index (χ1) is 22.8. The van der Waals surface area contributed by atoms with Crippen LogP contribution in [0.25, 0.3) is 81.8 Å². The Hall–Kier alpha value is -5.15. The number of pyridine rings is 1. The fraction of sp³-hybridized carbons (Fsp3) is 0. The fourth-order valence-electron chi connectivity index (χ4n) is 6.24. The topological polar surface area (TPSA) is 30.7 Å². The molecular formula is C42H25N3PtS. The zero-order chi connectivity index (χ0) is 30.5. The van der Waals surface area contributed by atoms with Gasteiger partial charge in [0.2, 0.25) is 0 Å². The fourth-order valence-corrected chi connectivity index (χ4v) is 7.19. The Balaban J connectivity index is 0.00000324. The average molecular weight is 799 g/mol. The Morgan fingerprint density at radius 3 is 2.09 bits per heavy atom. The third kappa shape index (κ3) is 5.30. The minimum absolute atomic E-state index is 0. The van der Waals surface area contributed by atoms with E-state index in [-0.39, 0.29) is 21.1 Å². The molecule has 0 saturated carbocycles. The standard InChI is InChI=1S/C42H25N3S.Pt/c1-2-10-28(11-3-1)29-17-19-30(20-18-29)32-24-33(37-13-8-9-23-43-37)26-34(25-32)45-39-15-6-4-12-35(39)36-22-21-31(27-40(36)45)42-44-38-14-5-7-16-41(38)46-42;/h1-25H;/q-2;+2. The number of hydrogen-bond donors (Lipinski definition) is 0. The van der Waals surface area contributed by atoms with Gasteiger partial charge in [0.1, 0.15) is 0 Å². The van der Waals surface area contributed by atoms with E-state index in [9.17, 15) is 0 Å². The van der Waals surface area contributed by atoms with Crippen LogP contribution in [0.15, 0.2) is 152 Å². The maximum absolute atomic E-state index is 4.94. The first-order valence-corrected chi connectivity index (χ1v) is 16.1. The number of para-hydroxylation sites is 2. The zero-order valence-corrected chi connectivity index (χ0v) is 28.1. The van der Waals surface area contributed by atoms with E-state index in [1.54, 1.807) is 11.3 Å². The van der Waals surface area contributed by atoms with Gasteiger partial charge in [-0.05, 0) is 63.2 Å². The monoisotopic (exact) mass is 798 g/mol. The molecule has 0 aliphatic carbocycles. The molecule has 6 aromatic carbocycles. The van der Waals surface area contributed by atoms with Gasteiger partial charge in [-0.3, -0.25) is 4.98 Å². The van der Waals surface area contributed by atoms with Gasteiger partial charge >= 0.3 is 21.1 Å². The summed E-state index contributed by atoms with van der Waals surface area (Å²) in [5.41, 5.74) is 11.5. The maximum atomic E-state index is 4.94.